The van der Waals surface area contributed by atoms with Gasteiger partial charge in [-0.3, -0.25) is 19.7 Å². The fourth-order valence-corrected chi connectivity index (χ4v) is 3.38. The van der Waals surface area contributed by atoms with Crippen molar-refractivity contribution in [3.8, 4) is 0 Å². The molecule has 2 rings (SSSR count). The summed E-state index contributed by atoms with van der Waals surface area (Å²) in [6.45, 7) is 2.96. The van der Waals surface area contributed by atoms with Gasteiger partial charge in [0.2, 0.25) is 11.8 Å². The molecule has 4 N–H and O–H groups in total. The zero-order chi connectivity index (χ0) is 17.7. The van der Waals surface area contributed by atoms with Crippen molar-refractivity contribution in [2.45, 2.75) is 36.7 Å². The molecule has 0 spiro atoms. The van der Waals surface area contributed by atoms with E-state index in [9.17, 15) is 19.7 Å². The van der Waals surface area contributed by atoms with Crippen LogP contribution < -0.4 is 16.4 Å². The smallest absolute Gasteiger partial charge is 0.283 e. The Morgan fingerprint density at radius 1 is 1.48 bits per heavy atom. The standard InChI is InChI=1S/C15H20N4O4S.ClH/c1-9-11(3-2-6-17-9)18-14(20)8-24-13-5-4-10(15(16)21)7-12(13)19(22)23;/h4-5,7,9,11,17H,2-3,6,8H2,1H3,(H2,16,21)(H,18,20);1H. The second-order valence-electron chi connectivity index (χ2n) is 5.65. The Balaban J connectivity index is 0.00000312. The molecule has 2 atom stereocenters. The minimum absolute atomic E-state index is 0. The summed E-state index contributed by atoms with van der Waals surface area (Å²) in [6, 6.07) is 4.27. The molecule has 0 aliphatic carbocycles. The van der Waals surface area contributed by atoms with Crippen LogP contribution in [0.5, 0.6) is 0 Å². The highest BCUT2D eigenvalue weighted by Crippen LogP contribution is 2.30. The molecule has 1 aromatic rings. The Hall–Kier alpha value is -1.84. The van der Waals surface area contributed by atoms with Crippen molar-refractivity contribution in [2.75, 3.05) is 12.3 Å². The number of hydrogen-bond acceptors (Lipinski definition) is 6. The number of carbonyl (C=O) groups is 2. The SMILES string of the molecule is CC1NCCCC1NC(=O)CSc1ccc(C(N)=O)cc1[N+](=O)[O-].Cl. The molecule has 0 bridgehead atoms. The number of nitrogens with zero attached hydrogens (tertiary/aromatic N) is 1. The molecule has 1 saturated heterocycles. The summed E-state index contributed by atoms with van der Waals surface area (Å²) in [5.41, 5.74) is 4.98. The van der Waals surface area contributed by atoms with Crippen molar-refractivity contribution in [3.63, 3.8) is 0 Å². The van der Waals surface area contributed by atoms with Gasteiger partial charge in [-0.25, -0.2) is 0 Å². The van der Waals surface area contributed by atoms with E-state index in [0.717, 1.165) is 37.2 Å². The zero-order valence-corrected chi connectivity index (χ0v) is 15.3. The first kappa shape index (κ1) is 21.2. The van der Waals surface area contributed by atoms with Crippen molar-refractivity contribution in [1.82, 2.24) is 10.6 Å². The fraction of sp³-hybridized carbons (Fsp3) is 0.467. The molecule has 1 fully saturated rings. The molecule has 10 heteroatoms. The minimum atomic E-state index is -0.730. The molecule has 1 aliphatic heterocycles. The molecule has 0 radical (unpaired) electrons. The summed E-state index contributed by atoms with van der Waals surface area (Å²) >= 11 is 1.07. The molecule has 8 nitrogen and oxygen atoms in total. The maximum atomic E-state index is 12.1. The molecule has 0 saturated carbocycles. The predicted molar refractivity (Wildman–Crippen MR) is 98.2 cm³/mol. The van der Waals surface area contributed by atoms with Crippen molar-refractivity contribution >= 4 is 41.7 Å². The van der Waals surface area contributed by atoms with Gasteiger partial charge in [0.05, 0.1) is 15.6 Å². The van der Waals surface area contributed by atoms with Crippen LogP contribution in [0, 0.1) is 10.1 Å². The highest BCUT2D eigenvalue weighted by Gasteiger charge is 2.23. The summed E-state index contributed by atoms with van der Waals surface area (Å²) in [5, 5.41) is 17.4. The first-order valence-electron chi connectivity index (χ1n) is 7.62. The molecule has 2 amide bonds. The van der Waals surface area contributed by atoms with E-state index in [1.807, 2.05) is 6.92 Å². The van der Waals surface area contributed by atoms with Crippen LogP contribution in [0.15, 0.2) is 23.1 Å². The monoisotopic (exact) mass is 388 g/mol. The van der Waals surface area contributed by atoms with E-state index in [4.69, 9.17) is 5.73 Å². The molecule has 1 aliphatic rings. The summed E-state index contributed by atoms with van der Waals surface area (Å²) in [5.74, 6) is -0.833. The van der Waals surface area contributed by atoms with Crippen LogP contribution >= 0.6 is 24.2 Å². The first-order chi connectivity index (χ1) is 11.4. The van der Waals surface area contributed by atoms with Crippen molar-refractivity contribution < 1.29 is 14.5 Å². The summed E-state index contributed by atoms with van der Waals surface area (Å²) in [7, 11) is 0. The lowest BCUT2D eigenvalue weighted by molar-refractivity contribution is -0.387. The van der Waals surface area contributed by atoms with Crippen LogP contribution in [0.2, 0.25) is 0 Å². The van der Waals surface area contributed by atoms with Crippen molar-refractivity contribution in [1.29, 1.82) is 0 Å². The maximum absolute atomic E-state index is 12.1. The molecule has 2 unspecified atom stereocenters. The number of amides is 2. The summed E-state index contributed by atoms with van der Waals surface area (Å²) in [6.07, 6.45) is 1.92. The van der Waals surface area contributed by atoms with E-state index < -0.39 is 10.8 Å². The van der Waals surface area contributed by atoms with Crippen LogP contribution in [0.4, 0.5) is 5.69 Å². The Morgan fingerprint density at radius 2 is 2.20 bits per heavy atom. The van der Waals surface area contributed by atoms with Gasteiger partial charge >= 0.3 is 0 Å². The van der Waals surface area contributed by atoms with Gasteiger partial charge in [0, 0.05) is 23.7 Å². The second-order valence-corrected chi connectivity index (χ2v) is 6.67. The lowest BCUT2D eigenvalue weighted by Crippen LogP contribution is -2.52. The third kappa shape index (κ3) is 5.87. The Kier molecular flexibility index (Phi) is 8.14. The van der Waals surface area contributed by atoms with E-state index >= 15 is 0 Å². The average Bonchev–Trinajstić information content (AvgIpc) is 2.54. The summed E-state index contributed by atoms with van der Waals surface area (Å²) in [4.78, 5) is 34.1. The van der Waals surface area contributed by atoms with E-state index in [1.54, 1.807) is 0 Å². The first-order valence-corrected chi connectivity index (χ1v) is 8.61. The van der Waals surface area contributed by atoms with Gasteiger partial charge in [-0.2, -0.15) is 0 Å². The Labute approximate surface area is 155 Å². The lowest BCUT2D eigenvalue weighted by Gasteiger charge is -2.30. The van der Waals surface area contributed by atoms with Crippen LogP contribution in [0.25, 0.3) is 0 Å². The highest BCUT2D eigenvalue weighted by molar-refractivity contribution is 8.00. The van der Waals surface area contributed by atoms with E-state index in [2.05, 4.69) is 10.6 Å². The largest absolute Gasteiger partial charge is 0.366 e. The fourth-order valence-electron chi connectivity index (χ4n) is 2.57. The predicted octanol–water partition coefficient (Wildman–Crippen LogP) is 1.46. The number of carbonyl (C=O) groups excluding carboxylic acids is 2. The van der Waals surface area contributed by atoms with E-state index in [1.165, 1.54) is 12.1 Å². The minimum Gasteiger partial charge on any atom is -0.366 e. The summed E-state index contributed by atoms with van der Waals surface area (Å²) < 4.78 is 0. The van der Waals surface area contributed by atoms with Gasteiger partial charge in [-0.1, -0.05) is 0 Å². The van der Waals surface area contributed by atoms with Gasteiger partial charge in [-0.15, -0.1) is 24.2 Å². The van der Waals surface area contributed by atoms with E-state index in [-0.39, 0.29) is 47.4 Å². The number of halogens is 1. The molecular weight excluding hydrogens is 368 g/mol. The van der Waals surface area contributed by atoms with Gasteiger partial charge in [0.1, 0.15) is 0 Å². The number of thioether (sulfide) groups is 1. The van der Waals surface area contributed by atoms with Gasteiger partial charge < -0.3 is 16.4 Å². The number of rotatable bonds is 6. The van der Waals surface area contributed by atoms with Crippen LogP contribution in [-0.4, -0.2) is 41.1 Å². The molecule has 25 heavy (non-hydrogen) atoms. The molecule has 1 aromatic carbocycles. The van der Waals surface area contributed by atoms with Gasteiger partial charge in [0.15, 0.2) is 0 Å². The van der Waals surface area contributed by atoms with Crippen molar-refractivity contribution in [2.24, 2.45) is 5.73 Å². The normalized spacial score (nSPS) is 19.6. The molecule has 138 valence electrons. The number of nitrogens with two attached hydrogens (primary N) is 1. The zero-order valence-electron chi connectivity index (χ0n) is 13.7. The average molecular weight is 389 g/mol. The number of primary amides is 1. The molecular formula is C15H21ClN4O4S. The van der Waals surface area contributed by atoms with Gasteiger partial charge in [-0.05, 0) is 38.4 Å². The Morgan fingerprint density at radius 3 is 2.80 bits per heavy atom. The topological polar surface area (TPSA) is 127 Å². The molecule has 0 aromatic heterocycles. The number of nitro groups is 1. The lowest BCUT2D eigenvalue weighted by atomic mass is 10.00. The van der Waals surface area contributed by atoms with Crippen LogP contribution in [-0.2, 0) is 4.79 Å². The van der Waals surface area contributed by atoms with Crippen LogP contribution in [0.1, 0.15) is 30.1 Å². The number of nitrogens with one attached hydrogen (secondary N) is 2. The number of benzene rings is 1. The Bertz CT molecular complexity index is 658. The van der Waals surface area contributed by atoms with Crippen molar-refractivity contribution in [3.05, 3.63) is 33.9 Å². The number of hydrogen-bond donors (Lipinski definition) is 3. The second kappa shape index (κ2) is 9.59. The third-order valence-corrected chi connectivity index (χ3v) is 4.97. The third-order valence-electron chi connectivity index (χ3n) is 3.91. The quantitative estimate of drug-likeness (QED) is 0.384. The highest BCUT2D eigenvalue weighted by atomic mass is 35.5. The maximum Gasteiger partial charge on any atom is 0.283 e. The molecule has 1 heterocycles. The van der Waals surface area contributed by atoms with E-state index in [0.29, 0.717) is 4.90 Å². The van der Waals surface area contributed by atoms with Gasteiger partial charge in [0.25, 0.3) is 5.69 Å². The number of nitro benzene ring substituents is 1. The van der Waals surface area contributed by atoms with Crippen LogP contribution in [0.3, 0.4) is 0 Å². The number of piperidine rings is 1.